The van der Waals surface area contributed by atoms with Gasteiger partial charge in [0.1, 0.15) is 0 Å². The summed E-state index contributed by atoms with van der Waals surface area (Å²) in [5.74, 6) is 0. The minimum Gasteiger partial charge on any atom is -0.391 e. The number of fused-ring (bicyclic) bond motifs is 1. The Labute approximate surface area is 91.2 Å². The summed E-state index contributed by atoms with van der Waals surface area (Å²) in [6, 6.07) is -0.188. The third-order valence-electron chi connectivity index (χ3n) is 3.11. The van der Waals surface area contributed by atoms with Crippen molar-refractivity contribution in [1.29, 1.82) is 0 Å². The zero-order valence-corrected chi connectivity index (χ0v) is 8.65. The SMILES string of the molecule is O=c1n([C@H]2CCC[C@@H]2O)nc2cnccn12. The van der Waals surface area contributed by atoms with Crippen LogP contribution >= 0.6 is 0 Å². The highest BCUT2D eigenvalue weighted by molar-refractivity contribution is 5.32. The largest absolute Gasteiger partial charge is 0.391 e. The Morgan fingerprint density at radius 3 is 3.00 bits per heavy atom. The van der Waals surface area contributed by atoms with Crippen molar-refractivity contribution in [2.75, 3.05) is 0 Å². The van der Waals surface area contributed by atoms with Gasteiger partial charge in [-0.2, -0.15) is 0 Å². The molecule has 0 aliphatic heterocycles. The number of hydrogen-bond acceptors (Lipinski definition) is 4. The van der Waals surface area contributed by atoms with E-state index in [2.05, 4.69) is 10.1 Å². The highest BCUT2D eigenvalue weighted by Crippen LogP contribution is 2.28. The Bertz CT molecular complexity index is 573. The van der Waals surface area contributed by atoms with Gasteiger partial charge in [-0.15, -0.1) is 5.10 Å². The van der Waals surface area contributed by atoms with Crippen LogP contribution in [0.25, 0.3) is 5.65 Å². The summed E-state index contributed by atoms with van der Waals surface area (Å²) < 4.78 is 2.83. The molecular weight excluding hydrogens is 208 g/mol. The lowest BCUT2D eigenvalue weighted by Gasteiger charge is -2.12. The van der Waals surface area contributed by atoms with Crippen LogP contribution in [0.3, 0.4) is 0 Å². The maximum Gasteiger partial charge on any atom is 0.350 e. The fourth-order valence-electron chi connectivity index (χ4n) is 2.27. The van der Waals surface area contributed by atoms with E-state index in [1.165, 1.54) is 9.08 Å². The average molecular weight is 220 g/mol. The maximum atomic E-state index is 12.0. The van der Waals surface area contributed by atoms with E-state index in [0.717, 1.165) is 19.3 Å². The topological polar surface area (TPSA) is 72.4 Å². The van der Waals surface area contributed by atoms with Gasteiger partial charge in [0, 0.05) is 12.4 Å². The normalized spacial score (nSPS) is 25.3. The predicted molar refractivity (Wildman–Crippen MR) is 56.1 cm³/mol. The van der Waals surface area contributed by atoms with Gasteiger partial charge in [0.25, 0.3) is 0 Å². The average Bonchev–Trinajstić information content (AvgIpc) is 2.84. The lowest BCUT2D eigenvalue weighted by molar-refractivity contribution is 0.128. The molecular formula is C10H12N4O2. The summed E-state index contributed by atoms with van der Waals surface area (Å²) in [5.41, 5.74) is 0.315. The Kier molecular flexibility index (Phi) is 2.03. The molecule has 0 radical (unpaired) electrons. The zero-order chi connectivity index (χ0) is 11.1. The van der Waals surface area contributed by atoms with E-state index in [1.54, 1.807) is 18.6 Å². The molecule has 2 heterocycles. The second-order valence-corrected chi connectivity index (χ2v) is 4.10. The van der Waals surface area contributed by atoms with Crippen molar-refractivity contribution in [3.05, 3.63) is 29.1 Å². The van der Waals surface area contributed by atoms with Gasteiger partial charge in [0.05, 0.1) is 18.3 Å². The van der Waals surface area contributed by atoms with Crippen LogP contribution in [0.4, 0.5) is 0 Å². The van der Waals surface area contributed by atoms with E-state index in [4.69, 9.17) is 0 Å². The van der Waals surface area contributed by atoms with Gasteiger partial charge in [0.2, 0.25) is 0 Å². The second kappa shape index (κ2) is 3.41. The zero-order valence-electron chi connectivity index (χ0n) is 8.65. The van der Waals surface area contributed by atoms with Crippen LogP contribution in [-0.4, -0.2) is 30.4 Å². The van der Waals surface area contributed by atoms with Crippen molar-refractivity contribution in [1.82, 2.24) is 19.2 Å². The molecule has 3 rings (SSSR count). The molecule has 2 aromatic rings. The monoisotopic (exact) mass is 220 g/mol. The molecule has 0 spiro atoms. The van der Waals surface area contributed by atoms with Crippen molar-refractivity contribution in [3.63, 3.8) is 0 Å². The molecule has 6 nitrogen and oxygen atoms in total. The highest BCUT2D eigenvalue weighted by atomic mass is 16.3. The Morgan fingerprint density at radius 2 is 2.31 bits per heavy atom. The van der Waals surface area contributed by atoms with E-state index in [1.807, 2.05) is 0 Å². The van der Waals surface area contributed by atoms with Crippen LogP contribution in [-0.2, 0) is 0 Å². The third kappa shape index (κ3) is 1.26. The van der Waals surface area contributed by atoms with Gasteiger partial charge >= 0.3 is 5.69 Å². The van der Waals surface area contributed by atoms with Gasteiger partial charge in [-0.1, -0.05) is 0 Å². The van der Waals surface area contributed by atoms with Crippen LogP contribution in [0, 0.1) is 0 Å². The van der Waals surface area contributed by atoms with Crippen molar-refractivity contribution in [2.45, 2.75) is 31.4 Å². The quantitative estimate of drug-likeness (QED) is 0.733. The number of nitrogens with zero attached hydrogens (tertiary/aromatic N) is 4. The molecule has 6 heteroatoms. The molecule has 1 aliphatic carbocycles. The van der Waals surface area contributed by atoms with Crippen LogP contribution < -0.4 is 5.69 Å². The summed E-state index contributed by atoms with van der Waals surface area (Å²) in [7, 11) is 0. The Morgan fingerprint density at radius 1 is 1.44 bits per heavy atom. The molecule has 1 saturated carbocycles. The molecule has 0 saturated heterocycles. The van der Waals surface area contributed by atoms with Gasteiger partial charge in [-0.3, -0.25) is 4.98 Å². The van der Waals surface area contributed by atoms with Crippen LogP contribution in [0.5, 0.6) is 0 Å². The predicted octanol–water partition coefficient (Wildman–Crippen LogP) is -0.0231. The van der Waals surface area contributed by atoms with Crippen molar-refractivity contribution in [3.8, 4) is 0 Å². The molecule has 0 unspecified atom stereocenters. The van der Waals surface area contributed by atoms with E-state index in [-0.39, 0.29) is 11.7 Å². The molecule has 0 bridgehead atoms. The summed E-state index contributed by atoms with van der Waals surface area (Å²) in [6.45, 7) is 0. The molecule has 0 amide bonds. The van der Waals surface area contributed by atoms with Crippen molar-refractivity contribution < 1.29 is 5.11 Å². The second-order valence-electron chi connectivity index (χ2n) is 4.10. The van der Waals surface area contributed by atoms with E-state index < -0.39 is 6.10 Å². The van der Waals surface area contributed by atoms with Gasteiger partial charge < -0.3 is 5.11 Å². The van der Waals surface area contributed by atoms with Gasteiger partial charge in [-0.05, 0) is 19.3 Å². The lowest BCUT2D eigenvalue weighted by Crippen LogP contribution is -2.29. The molecule has 84 valence electrons. The first-order chi connectivity index (χ1) is 7.77. The van der Waals surface area contributed by atoms with Crippen LogP contribution in [0.2, 0.25) is 0 Å². The molecule has 1 N–H and O–H groups in total. The van der Waals surface area contributed by atoms with Crippen LogP contribution in [0.15, 0.2) is 23.4 Å². The van der Waals surface area contributed by atoms with Crippen LogP contribution in [0.1, 0.15) is 25.3 Å². The highest BCUT2D eigenvalue weighted by Gasteiger charge is 2.29. The first-order valence-corrected chi connectivity index (χ1v) is 5.36. The van der Waals surface area contributed by atoms with Gasteiger partial charge in [0.15, 0.2) is 5.65 Å². The maximum absolute atomic E-state index is 12.0. The number of aliphatic hydroxyl groups excluding tert-OH is 1. The fraction of sp³-hybridized carbons (Fsp3) is 0.500. The number of rotatable bonds is 1. The third-order valence-corrected chi connectivity index (χ3v) is 3.11. The number of hydrogen-bond donors (Lipinski definition) is 1. The molecule has 1 fully saturated rings. The summed E-state index contributed by atoms with van der Waals surface area (Å²) >= 11 is 0. The lowest BCUT2D eigenvalue weighted by atomic mass is 10.2. The van der Waals surface area contributed by atoms with Crippen molar-refractivity contribution >= 4 is 5.65 Å². The molecule has 0 aromatic carbocycles. The minimum absolute atomic E-state index is 0.188. The standard InChI is InChI=1S/C10H12N4O2/c15-8-3-1-2-7(8)14-10(16)13-5-4-11-6-9(13)12-14/h4-8,15H,1-3H2/t7-,8-/m0/s1. The first kappa shape index (κ1) is 9.53. The van der Waals surface area contributed by atoms with Gasteiger partial charge in [-0.25, -0.2) is 13.9 Å². The summed E-state index contributed by atoms with van der Waals surface area (Å²) in [5, 5.41) is 14.0. The molecule has 2 aromatic heterocycles. The number of aromatic nitrogens is 4. The summed E-state index contributed by atoms with van der Waals surface area (Å²) in [6.07, 6.45) is 6.69. The van der Waals surface area contributed by atoms with E-state index >= 15 is 0 Å². The fourth-order valence-corrected chi connectivity index (χ4v) is 2.27. The molecule has 16 heavy (non-hydrogen) atoms. The molecule has 1 aliphatic rings. The first-order valence-electron chi connectivity index (χ1n) is 5.36. The Balaban J connectivity index is 2.17. The minimum atomic E-state index is -0.462. The summed E-state index contributed by atoms with van der Waals surface area (Å²) in [4.78, 5) is 15.9. The molecule has 2 atom stereocenters. The smallest absolute Gasteiger partial charge is 0.350 e. The van der Waals surface area contributed by atoms with E-state index in [0.29, 0.717) is 5.65 Å². The van der Waals surface area contributed by atoms with Crippen molar-refractivity contribution in [2.24, 2.45) is 0 Å². The van der Waals surface area contributed by atoms with E-state index in [9.17, 15) is 9.90 Å². The number of aliphatic hydroxyl groups is 1. The Hall–Kier alpha value is -1.69.